The molecule has 30 heavy (non-hydrogen) atoms. The lowest BCUT2D eigenvalue weighted by Gasteiger charge is -2.19. The molecule has 0 aromatic carbocycles. The van der Waals surface area contributed by atoms with Gasteiger partial charge >= 0.3 is 18.3 Å². The van der Waals surface area contributed by atoms with Crippen molar-refractivity contribution < 1.29 is 35.1 Å². The van der Waals surface area contributed by atoms with E-state index in [0.29, 0.717) is 18.0 Å². The van der Waals surface area contributed by atoms with Gasteiger partial charge < -0.3 is 5.73 Å². The minimum atomic E-state index is -5.89. The molecule has 3 aromatic heterocycles. The van der Waals surface area contributed by atoms with E-state index in [-0.39, 0.29) is 16.9 Å². The zero-order chi connectivity index (χ0) is 22.5. The van der Waals surface area contributed by atoms with Crippen molar-refractivity contribution in [3.63, 3.8) is 0 Å². The number of halogens is 8. The van der Waals surface area contributed by atoms with Crippen molar-refractivity contribution in [3.05, 3.63) is 52.3 Å². The van der Waals surface area contributed by atoms with Gasteiger partial charge in [-0.2, -0.15) is 40.2 Å². The molecule has 0 fully saturated rings. The predicted octanol–water partition coefficient (Wildman–Crippen LogP) is 3.23. The van der Waals surface area contributed by atoms with E-state index >= 15 is 0 Å². The van der Waals surface area contributed by atoms with Gasteiger partial charge in [0.15, 0.2) is 5.69 Å². The van der Waals surface area contributed by atoms with Crippen molar-refractivity contribution in [3.8, 4) is 11.1 Å². The Morgan fingerprint density at radius 3 is 2.30 bits per heavy atom. The van der Waals surface area contributed by atoms with Gasteiger partial charge in [-0.05, 0) is 17.7 Å². The van der Waals surface area contributed by atoms with Crippen LogP contribution in [0, 0.1) is 0 Å². The first-order valence-corrected chi connectivity index (χ1v) is 8.04. The fourth-order valence-corrected chi connectivity index (χ4v) is 2.64. The summed E-state index contributed by atoms with van der Waals surface area (Å²) in [6, 6.07) is 2.52. The molecule has 2 N–H and O–H groups in total. The first kappa shape index (κ1) is 21.7. The summed E-state index contributed by atoms with van der Waals surface area (Å²) in [5, 5.41) is 3.24. The van der Waals surface area contributed by atoms with Crippen molar-refractivity contribution in [1.29, 1.82) is 0 Å². The molecule has 14 heteroatoms. The van der Waals surface area contributed by atoms with E-state index in [0.717, 1.165) is 16.7 Å². The van der Waals surface area contributed by atoms with Crippen molar-refractivity contribution in [2.24, 2.45) is 5.73 Å². The minimum absolute atomic E-state index is 0.0321. The molecule has 0 unspecified atom stereocenters. The van der Waals surface area contributed by atoms with Crippen LogP contribution in [-0.4, -0.2) is 31.3 Å². The molecular formula is C16H11F8N5O. The van der Waals surface area contributed by atoms with Gasteiger partial charge in [0.05, 0.1) is 11.8 Å². The van der Waals surface area contributed by atoms with Gasteiger partial charge in [0.2, 0.25) is 0 Å². The predicted molar refractivity (Wildman–Crippen MR) is 86.6 cm³/mol. The molecule has 3 aromatic rings. The van der Waals surface area contributed by atoms with Gasteiger partial charge in [0, 0.05) is 24.5 Å². The summed E-state index contributed by atoms with van der Waals surface area (Å²) in [5.74, 6) is -5.18. The lowest BCUT2D eigenvalue weighted by Crippen LogP contribution is -2.40. The number of rotatable bonds is 4. The van der Waals surface area contributed by atoms with Gasteiger partial charge in [-0.15, -0.1) is 0 Å². The van der Waals surface area contributed by atoms with Gasteiger partial charge in [-0.1, -0.05) is 0 Å². The molecule has 6 nitrogen and oxygen atoms in total. The Labute approximate surface area is 161 Å². The van der Waals surface area contributed by atoms with Crippen LogP contribution in [0.2, 0.25) is 0 Å². The highest BCUT2D eigenvalue weighted by molar-refractivity contribution is 5.66. The van der Waals surface area contributed by atoms with Crippen LogP contribution in [0.3, 0.4) is 0 Å². The third-order valence-electron chi connectivity index (χ3n) is 4.10. The van der Waals surface area contributed by atoms with Crippen LogP contribution < -0.4 is 11.3 Å². The SMILES string of the molecule is NCc1ccn2c(=O)c(-c3cnn(CC(F)(F)C(F)(F)F)c3)c(C(F)(F)F)nc2c1. The molecule has 0 aliphatic heterocycles. The summed E-state index contributed by atoms with van der Waals surface area (Å²) in [7, 11) is 0. The Balaban J connectivity index is 2.18. The number of hydrogen-bond acceptors (Lipinski definition) is 4. The Morgan fingerprint density at radius 2 is 1.73 bits per heavy atom. The van der Waals surface area contributed by atoms with E-state index in [1.165, 1.54) is 6.07 Å². The molecule has 0 aliphatic carbocycles. The van der Waals surface area contributed by atoms with Crippen LogP contribution in [-0.2, 0) is 19.3 Å². The second-order valence-corrected chi connectivity index (χ2v) is 6.23. The number of nitrogens with zero attached hydrogens (tertiary/aromatic N) is 4. The lowest BCUT2D eigenvalue weighted by molar-refractivity contribution is -0.287. The van der Waals surface area contributed by atoms with Crippen LogP contribution in [0.5, 0.6) is 0 Å². The quantitative estimate of drug-likeness (QED) is 0.631. The maximum absolute atomic E-state index is 13.5. The molecule has 3 heterocycles. The number of fused-ring (bicyclic) bond motifs is 1. The molecule has 0 saturated carbocycles. The van der Waals surface area contributed by atoms with Crippen LogP contribution in [0.15, 0.2) is 35.5 Å². The maximum Gasteiger partial charge on any atom is 0.455 e. The average molecular weight is 441 g/mol. The Hall–Kier alpha value is -3.03. The van der Waals surface area contributed by atoms with Gasteiger partial charge in [0.25, 0.3) is 5.56 Å². The Kier molecular flexibility index (Phi) is 5.08. The summed E-state index contributed by atoms with van der Waals surface area (Å²) < 4.78 is 105. The highest BCUT2D eigenvalue weighted by atomic mass is 19.4. The number of nitrogens with two attached hydrogens (primary N) is 1. The van der Waals surface area contributed by atoms with Gasteiger partial charge in [-0.25, -0.2) is 4.98 Å². The number of alkyl halides is 8. The topological polar surface area (TPSA) is 78.2 Å². The fraction of sp³-hybridized carbons (Fsp3) is 0.312. The number of pyridine rings is 1. The molecule has 3 rings (SSSR count). The molecular weight excluding hydrogens is 430 g/mol. The lowest BCUT2D eigenvalue weighted by atomic mass is 10.1. The fourth-order valence-electron chi connectivity index (χ4n) is 2.64. The molecule has 0 bridgehead atoms. The van der Waals surface area contributed by atoms with E-state index in [4.69, 9.17) is 5.73 Å². The number of aromatic nitrogens is 4. The third-order valence-corrected chi connectivity index (χ3v) is 4.10. The molecule has 0 saturated heterocycles. The smallest absolute Gasteiger partial charge is 0.326 e. The molecule has 0 aliphatic rings. The maximum atomic E-state index is 13.5. The average Bonchev–Trinajstić information content (AvgIpc) is 3.06. The zero-order valence-electron chi connectivity index (χ0n) is 14.6. The van der Waals surface area contributed by atoms with E-state index in [9.17, 15) is 39.9 Å². The van der Waals surface area contributed by atoms with E-state index in [2.05, 4.69) is 10.1 Å². The van der Waals surface area contributed by atoms with Crippen molar-refractivity contribution in [2.45, 2.75) is 31.4 Å². The normalized spacial score (nSPS) is 13.2. The summed E-state index contributed by atoms with van der Waals surface area (Å²) >= 11 is 0. The van der Waals surface area contributed by atoms with E-state index < -0.39 is 47.2 Å². The molecule has 0 atom stereocenters. The third kappa shape index (κ3) is 3.86. The standard InChI is InChI=1S/C16H11F8N5O/c17-14(18,16(22,23)24)7-28-6-9(5-26-28)11-12(15(19,20)21)27-10-3-8(4-25)1-2-29(10)13(11)30/h1-3,5-6H,4,7,25H2. The van der Waals surface area contributed by atoms with Gasteiger partial charge in [0.1, 0.15) is 12.2 Å². The zero-order valence-corrected chi connectivity index (χ0v) is 14.6. The van der Waals surface area contributed by atoms with Gasteiger partial charge in [-0.3, -0.25) is 13.9 Å². The van der Waals surface area contributed by atoms with Crippen molar-refractivity contribution >= 4 is 5.65 Å². The van der Waals surface area contributed by atoms with Crippen molar-refractivity contribution in [2.75, 3.05) is 0 Å². The molecule has 0 amide bonds. The summed E-state index contributed by atoms with van der Waals surface area (Å²) in [5.41, 5.74) is 0.945. The first-order valence-electron chi connectivity index (χ1n) is 8.04. The second kappa shape index (κ2) is 7.04. The van der Waals surface area contributed by atoms with Crippen LogP contribution in [0.1, 0.15) is 11.3 Å². The largest absolute Gasteiger partial charge is 0.455 e. The van der Waals surface area contributed by atoms with E-state index in [1.54, 1.807) is 0 Å². The molecule has 162 valence electrons. The van der Waals surface area contributed by atoms with Crippen LogP contribution >= 0.6 is 0 Å². The number of hydrogen-bond donors (Lipinski definition) is 1. The van der Waals surface area contributed by atoms with Crippen LogP contribution in [0.4, 0.5) is 35.1 Å². The van der Waals surface area contributed by atoms with E-state index in [1.807, 2.05) is 0 Å². The molecule has 0 spiro atoms. The van der Waals surface area contributed by atoms with Crippen LogP contribution in [0.25, 0.3) is 16.8 Å². The Bertz CT molecular complexity index is 1150. The highest BCUT2D eigenvalue weighted by Crippen LogP contribution is 2.37. The minimum Gasteiger partial charge on any atom is -0.326 e. The molecule has 0 radical (unpaired) electrons. The summed E-state index contributed by atoms with van der Waals surface area (Å²) in [6.45, 7) is -2.00. The first-order chi connectivity index (χ1) is 13.7. The Morgan fingerprint density at radius 1 is 1.07 bits per heavy atom. The second-order valence-electron chi connectivity index (χ2n) is 6.23. The summed E-state index contributed by atoms with van der Waals surface area (Å²) in [6.07, 6.45) is -8.81. The summed E-state index contributed by atoms with van der Waals surface area (Å²) in [4.78, 5) is 16.1. The highest BCUT2D eigenvalue weighted by Gasteiger charge is 2.57. The monoisotopic (exact) mass is 441 g/mol. The van der Waals surface area contributed by atoms with Crippen molar-refractivity contribution in [1.82, 2.24) is 19.2 Å².